The van der Waals surface area contributed by atoms with Crippen molar-refractivity contribution in [3.8, 4) is 23.1 Å². The van der Waals surface area contributed by atoms with Crippen molar-refractivity contribution in [3.63, 3.8) is 0 Å². The molecule has 0 saturated carbocycles. The Balaban J connectivity index is 1.26. The quantitative estimate of drug-likeness (QED) is 0.308. The Bertz CT molecular complexity index is 1420. The number of likely N-dealkylation sites (tertiary alicyclic amines) is 1. The second-order valence-electron chi connectivity index (χ2n) is 9.31. The number of nitrogens with one attached hydrogen (secondary N) is 2. The number of H-pyrrole nitrogens is 1. The van der Waals surface area contributed by atoms with E-state index in [1.165, 1.54) is 0 Å². The van der Waals surface area contributed by atoms with Crippen molar-refractivity contribution < 1.29 is 14.3 Å². The highest BCUT2D eigenvalue weighted by Gasteiger charge is 2.25. The number of carbonyl (C=O) groups excluding carboxylic acids is 1. The molecule has 1 atom stereocenters. The summed E-state index contributed by atoms with van der Waals surface area (Å²) < 4.78 is 12.9. The molecule has 38 heavy (non-hydrogen) atoms. The van der Waals surface area contributed by atoms with Crippen molar-refractivity contribution >= 4 is 22.6 Å². The molecule has 196 valence electrons. The van der Waals surface area contributed by atoms with E-state index in [-0.39, 0.29) is 18.4 Å². The second kappa shape index (κ2) is 11.8. The van der Waals surface area contributed by atoms with Crippen LogP contribution >= 0.6 is 0 Å². The number of aromatic amines is 1. The van der Waals surface area contributed by atoms with Crippen LogP contribution in [0.4, 0.5) is 5.69 Å². The lowest BCUT2D eigenvalue weighted by atomic mass is 10.0. The molecule has 5 rings (SSSR count). The first-order valence-corrected chi connectivity index (χ1v) is 12.8. The number of anilines is 1. The smallest absolute Gasteiger partial charge is 0.236 e. The molecule has 1 fully saturated rings. The maximum Gasteiger partial charge on any atom is 0.236 e. The van der Waals surface area contributed by atoms with Gasteiger partial charge in [0, 0.05) is 48.7 Å². The molecule has 1 saturated heterocycles. The van der Waals surface area contributed by atoms with Gasteiger partial charge in [0.05, 0.1) is 44.3 Å². The number of nitrogens with zero attached hydrogens (tertiary/aromatic N) is 5. The Hall–Kier alpha value is -4.36. The van der Waals surface area contributed by atoms with Gasteiger partial charge in [-0.1, -0.05) is 12.1 Å². The molecule has 10 nitrogen and oxygen atoms in total. The van der Waals surface area contributed by atoms with Gasteiger partial charge in [-0.25, -0.2) is 4.98 Å². The van der Waals surface area contributed by atoms with E-state index in [0.717, 1.165) is 52.1 Å². The van der Waals surface area contributed by atoms with Gasteiger partial charge in [-0.15, -0.1) is 0 Å². The van der Waals surface area contributed by atoms with Crippen molar-refractivity contribution in [1.82, 2.24) is 24.6 Å². The van der Waals surface area contributed by atoms with Gasteiger partial charge in [0.2, 0.25) is 5.91 Å². The van der Waals surface area contributed by atoms with E-state index in [1.54, 1.807) is 12.0 Å². The van der Waals surface area contributed by atoms with E-state index in [2.05, 4.69) is 15.3 Å². The average molecular weight is 514 g/mol. The monoisotopic (exact) mass is 513 g/mol. The summed E-state index contributed by atoms with van der Waals surface area (Å²) >= 11 is 0. The molecule has 0 radical (unpaired) electrons. The SMILES string of the molecule is COc1ccc(COCCn2ccc(-c3cnc4[nH]ccc4c3N[C@@H]3CCCN(C(=O)CC#N)C3)n2)cc1. The lowest BCUT2D eigenvalue weighted by Gasteiger charge is -2.33. The van der Waals surface area contributed by atoms with Gasteiger partial charge in [-0.05, 0) is 42.7 Å². The predicted molar refractivity (Wildman–Crippen MR) is 143 cm³/mol. The number of methoxy groups -OCH3 is 1. The molecule has 4 heterocycles. The fourth-order valence-electron chi connectivity index (χ4n) is 4.76. The first-order chi connectivity index (χ1) is 18.6. The number of rotatable bonds is 10. The number of benzene rings is 1. The van der Waals surface area contributed by atoms with Crippen LogP contribution < -0.4 is 10.1 Å². The number of nitriles is 1. The van der Waals surface area contributed by atoms with Gasteiger partial charge in [0.1, 0.15) is 17.8 Å². The summed E-state index contributed by atoms with van der Waals surface area (Å²) in [5.41, 5.74) is 4.53. The van der Waals surface area contributed by atoms with Gasteiger partial charge >= 0.3 is 0 Å². The Labute approximate surface area is 221 Å². The molecule has 1 aliphatic rings. The molecule has 10 heteroatoms. The molecule has 1 aliphatic heterocycles. The van der Waals surface area contributed by atoms with Crippen LogP contribution in [0.1, 0.15) is 24.8 Å². The van der Waals surface area contributed by atoms with Crippen LogP contribution in [0.15, 0.2) is 55.0 Å². The summed E-state index contributed by atoms with van der Waals surface area (Å²) in [5, 5.41) is 18.4. The molecule has 0 unspecified atom stereocenters. The first-order valence-electron chi connectivity index (χ1n) is 12.8. The highest BCUT2D eigenvalue weighted by molar-refractivity contribution is 5.97. The summed E-state index contributed by atoms with van der Waals surface area (Å²) in [6.07, 6.45) is 7.38. The highest BCUT2D eigenvalue weighted by atomic mass is 16.5. The third-order valence-electron chi connectivity index (χ3n) is 6.75. The molecule has 4 aromatic rings. The zero-order chi connectivity index (χ0) is 26.3. The number of fused-ring (bicyclic) bond motifs is 1. The summed E-state index contributed by atoms with van der Waals surface area (Å²) in [6.45, 7) is 2.93. The lowest BCUT2D eigenvalue weighted by Crippen LogP contribution is -2.45. The molecular formula is C28H31N7O3. The number of pyridine rings is 1. The van der Waals surface area contributed by atoms with Crippen LogP contribution in [0.5, 0.6) is 5.75 Å². The molecule has 1 amide bonds. The second-order valence-corrected chi connectivity index (χ2v) is 9.31. The summed E-state index contributed by atoms with van der Waals surface area (Å²) in [4.78, 5) is 21.9. The third kappa shape index (κ3) is 5.79. The normalized spacial score (nSPS) is 15.4. The van der Waals surface area contributed by atoms with E-state index in [0.29, 0.717) is 32.8 Å². The molecule has 3 aromatic heterocycles. The van der Waals surface area contributed by atoms with Crippen LogP contribution in [0, 0.1) is 11.3 Å². The van der Waals surface area contributed by atoms with Crippen molar-refractivity contribution in [2.45, 2.75) is 38.5 Å². The van der Waals surface area contributed by atoms with Crippen LogP contribution in [-0.4, -0.2) is 63.4 Å². The standard InChI is InChI=1S/C28H31N7O3/c1-37-22-6-4-20(5-7-22)19-38-16-15-35-14-10-25(33-35)24-17-31-28-23(9-12-30-28)27(24)32-21-3-2-13-34(18-21)26(36)8-11-29/h4-7,9-10,12,14,17,21H,2-3,8,13,15-16,18-19H2,1H3,(H2,30,31,32)/t21-/m1/s1. The highest BCUT2D eigenvalue weighted by Crippen LogP contribution is 2.34. The molecule has 0 bridgehead atoms. The summed E-state index contributed by atoms with van der Waals surface area (Å²) in [5.74, 6) is 0.709. The minimum atomic E-state index is -0.117. The van der Waals surface area contributed by atoms with Crippen LogP contribution in [0.2, 0.25) is 0 Å². The average Bonchev–Trinajstić information content (AvgIpc) is 3.62. The van der Waals surface area contributed by atoms with Gasteiger partial charge in [0.15, 0.2) is 0 Å². The lowest BCUT2D eigenvalue weighted by molar-refractivity contribution is -0.131. The van der Waals surface area contributed by atoms with Crippen LogP contribution in [0.3, 0.4) is 0 Å². The fourth-order valence-corrected chi connectivity index (χ4v) is 4.76. The maximum absolute atomic E-state index is 12.3. The Morgan fingerprint density at radius 3 is 2.95 bits per heavy atom. The number of aromatic nitrogens is 4. The van der Waals surface area contributed by atoms with E-state index in [1.807, 2.05) is 65.7 Å². The number of hydrogen-bond acceptors (Lipinski definition) is 7. The van der Waals surface area contributed by atoms with E-state index in [4.69, 9.17) is 19.8 Å². The predicted octanol–water partition coefficient (Wildman–Crippen LogP) is 3.97. The Morgan fingerprint density at radius 2 is 2.13 bits per heavy atom. The Morgan fingerprint density at radius 1 is 1.26 bits per heavy atom. The zero-order valence-corrected chi connectivity index (χ0v) is 21.4. The largest absolute Gasteiger partial charge is 0.497 e. The molecule has 1 aromatic carbocycles. The number of piperidine rings is 1. The Kier molecular flexibility index (Phi) is 7.85. The first kappa shape index (κ1) is 25.3. The summed E-state index contributed by atoms with van der Waals surface area (Å²) in [6, 6.07) is 13.9. The maximum atomic E-state index is 12.3. The molecular weight excluding hydrogens is 482 g/mol. The van der Waals surface area contributed by atoms with Crippen molar-refractivity contribution in [3.05, 3.63) is 60.6 Å². The fraction of sp³-hybridized carbons (Fsp3) is 0.357. The minimum Gasteiger partial charge on any atom is -0.497 e. The van der Waals surface area contributed by atoms with E-state index < -0.39 is 0 Å². The van der Waals surface area contributed by atoms with Gasteiger partial charge in [-0.3, -0.25) is 9.48 Å². The van der Waals surface area contributed by atoms with Gasteiger partial charge in [-0.2, -0.15) is 10.4 Å². The van der Waals surface area contributed by atoms with Gasteiger partial charge < -0.3 is 24.7 Å². The van der Waals surface area contributed by atoms with Crippen molar-refractivity contribution in [1.29, 1.82) is 5.26 Å². The molecule has 0 spiro atoms. The summed E-state index contributed by atoms with van der Waals surface area (Å²) in [7, 11) is 1.65. The molecule has 2 N–H and O–H groups in total. The number of ether oxygens (including phenoxy) is 2. The van der Waals surface area contributed by atoms with Crippen molar-refractivity contribution in [2.24, 2.45) is 0 Å². The minimum absolute atomic E-state index is 0.0686. The van der Waals surface area contributed by atoms with Gasteiger partial charge in [0.25, 0.3) is 0 Å². The molecule has 0 aliphatic carbocycles. The number of carbonyl (C=O) groups is 1. The van der Waals surface area contributed by atoms with Crippen LogP contribution in [0.25, 0.3) is 22.3 Å². The van der Waals surface area contributed by atoms with Crippen LogP contribution in [-0.2, 0) is 22.7 Å². The third-order valence-corrected chi connectivity index (χ3v) is 6.75. The van der Waals surface area contributed by atoms with E-state index >= 15 is 0 Å². The number of amides is 1. The topological polar surface area (TPSA) is 121 Å². The zero-order valence-electron chi connectivity index (χ0n) is 21.4. The number of hydrogen-bond donors (Lipinski definition) is 2. The van der Waals surface area contributed by atoms with Crippen molar-refractivity contribution in [2.75, 3.05) is 32.1 Å². The van der Waals surface area contributed by atoms with E-state index in [9.17, 15) is 4.79 Å².